The highest BCUT2D eigenvalue weighted by molar-refractivity contribution is 4.84. The fourth-order valence-electron chi connectivity index (χ4n) is 1.09. The van der Waals surface area contributed by atoms with Crippen LogP contribution in [0.15, 0.2) is 12.7 Å². The maximum atomic E-state index is 8.89. The Morgan fingerprint density at radius 2 is 1.86 bits per heavy atom. The van der Waals surface area contributed by atoms with Crippen molar-refractivity contribution < 1.29 is 10.2 Å². The van der Waals surface area contributed by atoms with Crippen molar-refractivity contribution in [3.8, 4) is 0 Å². The van der Waals surface area contributed by atoms with Crippen molar-refractivity contribution in [1.82, 2.24) is 10.6 Å². The maximum Gasteiger partial charge on any atom is 0.0620 e. The number of aliphatic hydroxyl groups excluding tert-OH is 2. The molecule has 0 aromatic heterocycles. The first-order valence-electron chi connectivity index (χ1n) is 5.09. The van der Waals surface area contributed by atoms with Crippen LogP contribution in [0.1, 0.15) is 13.3 Å². The van der Waals surface area contributed by atoms with Gasteiger partial charge in [-0.2, -0.15) is 0 Å². The van der Waals surface area contributed by atoms with Crippen molar-refractivity contribution in [1.29, 1.82) is 0 Å². The molecule has 4 heteroatoms. The van der Waals surface area contributed by atoms with Crippen molar-refractivity contribution in [3.63, 3.8) is 0 Å². The summed E-state index contributed by atoms with van der Waals surface area (Å²) in [6, 6.07) is 0.138. The van der Waals surface area contributed by atoms with Crippen LogP contribution in [0.4, 0.5) is 0 Å². The van der Waals surface area contributed by atoms with E-state index in [1.165, 1.54) is 0 Å². The number of hydrogen-bond donors (Lipinski definition) is 4. The largest absolute Gasteiger partial charge is 0.395 e. The molecule has 2 atom stereocenters. The Balaban J connectivity index is 3.39. The Kier molecular flexibility index (Phi) is 8.87. The van der Waals surface area contributed by atoms with Gasteiger partial charge in [0.05, 0.1) is 13.2 Å². The topological polar surface area (TPSA) is 64.5 Å². The number of hydrogen-bond acceptors (Lipinski definition) is 4. The lowest BCUT2D eigenvalue weighted by Crippen LogP contribution is -2.40. The van der Waals surface area contributed by atoms with Gasteiger partial charge in [-0.25, -0.2) is 0 Å². The summed E-state index contributed by atoms with van der Waals surface area (Å²) in [7, 11) is 0. The van der Waals surface area contributed by atoms with Crippen LogP contribution < -0.4 is 10.6 Å². The summed E-state index contributed by atoms with van der Waals surface area (Å²) in [4.78, 5) is 0. The molecule has 0 bridgehead atoms. The molecule has 0 saturated carbocycles. The second-order valence-electron chi connectivity index (χ2n) is 3.22. The molecule has 0 spiro atoms. The fraction of sp³-hybridized carbons (Fsp3) is 0.800. The van der Waals surface area contributed by atoms with E-state index in [4.69, 9.17) is 10.2 Å². The Morgan fingerprint density at radius 1 is 1.21 bits per heavy atom. The molecule has 0 aromatic carbocycles. The normalized spacial score (nSPS) is 15.1. The number of nitrogens with one attached hydrogen (secondary N) is 2. The van der Waals surface area contributed by atoms with Crippen molar-refractivity contribution >= 4 is 0 Å². The second kappa shape index (κ2) is 9.15. The van der Waals surface area contributed by atoms with E-state index < -0.39 is 0 Å². The Bertz CT molecular complexity index is 138. The number of aliphatic hydroxyl groups is 2. The fourth-order valence-corrected chi connectivity index (χ4v) is 1.09. The minimum absolute atomic E-state index is 0.0361. The summed E-state index contributed by atoms with van der Waals surface area (Å²) < 4.78 is 0. The summed E-state index contributed by atoms with van der Waals surface area (Å²) in [5.74, 6) is 0. The predicted octanol–water partition coefficient (Wildman–Crippen LogP) is -0.517. The molecule has 0 aromatic rings. The molecular formula is C10H22N2O2. The average Bonchev–Trinajstić information content (AvgIpc) is 2.24. The molecule has 0 aliphatic heterocycles. The van der Waals surface area contributed by atoms with E-state index >= 15 is 0 Å². The molecular weight excluding hydrogens is 180 g/mol. The third-order valence-corrected chi connectivity index (χ3v) is 2.16. The minimum Gasteiger partial charge on any atom is -0.395 e. The van der Waals surface area contributed by atoms with E-state index in [1.807, 2.05) is 6.92 Å². The van der Waals surface area contributed by atoms with Gasteiger partial charge < -0.3 is 20.8 Å². The molecule has 0 aliphatic carbocycles. The van der Waals surface area contributed by atoms with Gasteiger partial charge >= 0.3 is 0 Å². The Morgan fingerprint density at radius 3 is 2.29 bits per heavy atom. The first-order valence-corrected chi connectivity index (χ1v) is 5.09. The van der Waals surface area contributed by atoms with Crippen LogP contribution in [-0.2, 0) is 0 Å². The van der Waals surface area contributed by atoms with Gasteiger partial charge in [0.1, 0.15) is 0 Å². The molecule has 84 valence electrons. The Labute approximate surface area is 86.0 Å². The van der Waals surface area contributed by atoms with Crippen LogP contribution in [0.25, 0.3) is 0 Å². The summed E-state index contributed by atoms with van der Waals surface area (Å²) in [6.45, 7) is 7.40. The van der Waals surface area contributed by atoms with Gasteiger partial charge in [-0.3, -0.25) is 0 Å². The third kappa shape index (κ3) is 6.10. The molecule has 0 saturated heterocycles. The minimum atomic E-state index is -0.0361. The molecule has 14 heavy (non-hydrogen) atoms. The zero-order valence-electron chi connectivity index (χ0n) is 8.87. The molecule has 0 radical (unpaired) electrons. The Hall–Kier alpha value is -0.420. The average molecular weight is 202 g/mol. The van der Waals surface area contributed by atoms with Crippen molar-refractivity contribution in [2.24, 2.45) is 0 Å². The van der Waals surface area contributed by atoms with Crippen molar-refractivity contribution in [3.05, 3.63) is 12.7 Å². The number of rotatable bonds is 9. The van der Waals surface area contributed by atoms with Crippen molar-refractivity contribution in [2.75, 3.05) is 26.3 Å². The first kappa shape index (κ1) is 13.6. The first-order chi connectivity index (χ1) is 6.78. The van der Waals surface area contributed by atoms with Gasteiger partial charge in [0.2, 0.25) is 0 Å². The lowest BCUT2D eigenvalue weighted by atomic mass is 10.2. The second-order valence-corrected chi connectivity index (χ2v) is 3.22. The van der Waals surface area contributed by atoms with Crippen LogP contribution in [0.2, 0.25) is 0 Å². The smallest absolute Gasteiger partial charge is 0.0620 e. The highest BCUT2D eigenvalue weighted by Gasteiger charge is 2.03. The quantitative estimate of drug-likeness (QED) is 0.300. The SMILES string of the molecule is C=C[C@@H](CO)NCCN[C@@H](CC)CO. The van der Waals surface area contributed by atoms with Crippen LogP contribution in [0.5, 0.6) is 0 Å². The van der Waals surface area contributed by atoms with E-state index in [2.05, 4.69) is 17.2 Å². The summed E-state index contributed by atoms with van der Waals surface area (Å²) >= 11 is 0. The van der Waals surface area contributed by atoms with Gasteiger partial charge in [-0.1, -0.05) is 13.0 Å². The molecule has 0 aliphatic rings. The lowest BCUT2D eigenvalue weighted by molar-refractivity contribution is 0.236. The van der Waals surface area contributed by atoms with E-state index in [0.717, 1.165) is 19.5 Å². The van der Waals surface area contributed by atoms with Gasteiger partial charge in [-0.15, -0.1) is 6.58 Å². The molecule has 0 unspecified atom stereocenters. The lowest BCUT2D eigenvalue weighted by Gasteiger charge is -2.16. The van der Waals surface area contributed by atoms with Crippen LogP contribution in [-0.4, -0.2) is 48.6 Å². The molecule has 0 fully saturated rings. The van der Waals surface area contributed by atoms with Crippen LogP contribution in [0, 0.1) is 0 Å². The third-order valence-electron chi connectivity index (χ3n) is 2.16. The van der Waals surface area contributed by atoms with Crippen LogP contribution >= 0.6 is 0 Å². The molecule has 0 rings (SSSR count). The van der Waals surface area contributed by atoms with Crippen molar-refractivity contribution in [2.45, 2.75) is 25.4 Å². The highest BCUT2D eigenvalue weighted by Crippen LogP contribution is 1.87. The summed E-state index contributed by atoms with van der Waals surface area (Å²) in [6.07, 6.45) is 2.60. The van der Waals surface area contributed by atoms with E-state index in [0.29, 0.717) is 0 Å². The van der Waals surface area contributed by atoms with Gasteiger partial charge in [0.25, 0.3) is 0 Å². The van der Waals surface area contributed by atoms with Crippen LogP contribution in [0.3, 0.4) is 0 Å². The maximum absolute atomic E-state index is 8.89. The predicted molar refractivity (Wildman–Crippen MR) is 58.2 cm³/mol. The van der Waals surface area contributed by atoms with E-state index in [9.17, 15) is 0 Å². The summed E-state index contributed by atoms with van der Waals surface area (Å²) in [5.41, 5.74) is 0. The summed E-state index contributed by atoms with van der Waals surface area (Å²) in [5, 5.41) is 24.0. The zero-order valence-corrected chi connectivity index (χ0v) is 8.87. The molecule has 4 nitrogen and oxygen atoms in total. The van der Waals surface area contributed by atoms with Gasteiger partial charge in [-0.05, 0) is 6.42 Å². The van der Waals surface area contributed by atoms with Gasteiger partial charge in [0.15, 0.2) is 0 Å². The van der Waals surface area contributed by atoms with E-state index in [1.54, 1.807) is 6.08 Å². The highest BCUT2D eigenvalue weighted by atomic mass is 16.3. The molecule has 0 heterocycles. The molecule has 0 amide bonds. The molecule has 4 N–H and O–H groups in total. The van der Waals surface area contributed by atoms with E-state index in [-0.39, 0.29) is 25.3 Å². The zero-order chi connectivity index (χ0) is 10.8. The monoisotopic (exact) mass is 202 g/mol. The standard InChI is InChI=1S/C10H22N2O2/c1-3-9(7-13)11-5-6-12-10(4-2)8-14/h3,9-14H,1,4-8H2,2H3/t9-,10-/m0/s1. The van der Waals surface area contributed by atoms with Gasteiger partial charge in [0, 0.05) is 25.2 Å².